The average molecular weight is 271 g/mol. The number of aliphatic carboxylic acids is 1. The molecule has 0 bridgehead atoms. The van der Waals surface area contributed by atoms with Crippen molar-refractivity contribution in [2.24, 2.45) is 5.92 Å². The van der Waals surface area contributed by atoms with E-state index in [0.29, 0.717) is 6.21 Å². The van der Waals surface area contributed by atoms with Crippen molar-refractivity contribution >= 4 is 23.9 Å². The molecule has 0 saturated carbocycles. The average Bonchev–Trinajstić information content (AvgIpc) is 2.32. The molecule has 1 unspecified atom stereocenters. The predicted octanol–water partition coefficient (Wildman–Crippen LogP) is -0.777. The third-order valence-electron chi connectivity index (χ3n) is 2.63. The van der Waals surface area contributed by atoms with E-state index in [0.717, 1.165) is 0 Å². The summed E-state index contributed by atoms with van der Waals surface area (Å²) in [5.41, 5.74) is 8.13. The number of ketones is 1. The molecule has 0 aliphatic heterocycles. The van der Waals surface area contributed by atoms with Crippen LogP contribution in [-0.4, -0.2) is 51.0 Å². The zero-order valence-electron chi connectivity index (χ0n) is 10.7. The minimum Gasteiger partial charge on any atom is -0.480 e. The van der Waals surface area contributed by atoms with E-state index in [1.54, 1.807) is 0 Å². The summed E-state index contributed by atoms with van der Waals surface area (Å²) < 4.78 is 0. The van der Waals surface area contributed by atoms with E-state index in [4.69, 9.17) is 10.6 Å². The molecule has 0 fully saturated rings. The molecule has 0 saturated heterocycles. The number of nitrogens with one attached hydrogen (secondary N) is 1. The Morgan fingerprint density at radius 2 is 1.95 bits per heavy atom. The van der Waals surface area contributed by atoms with E-state index in [1.807, 2.05) is 0 Å². The van der Waals surface area contributed by atoms with E-state index >= 15 is 0 Å². The van der Waals surface area contributed by atoms with Crippen LogP contribution >= 0.6 is 0 Å². The third-order valence-corrected chi connectivity index (χ3v) is 2.63. The van der Waals surface area contributed by atoms with Crippen molar-refractivity contribution in [2.45, 2.75) is 38.8 Å². The fourth-order valence-corrected chi connectivity index (χ4v) is 1.20. The van der Waals surface area contributed by atoms with Gasteiger partial charge in [0.15, 0.2) is 0 Å². The number of carbonyl (C=O) groups excluding carboxylic acids is 2. The lowest BCUT2D eigenvalue weighted by Crippen LogP contribution is -2.45. The van der Waals surface area contributed by atoms with Crippen molar-refractivity contribution < 1.29 is 29.4 Å². The summed E-state index contributed by atoms with van der Waals surface area (Å²) in [5.74, 6) is -3.19. The van der Waals surface area contributed by atoms with Gasteiger partial charge in [0.2, 0.25) is 11.7 Å². The summed E-state index contributed by atoms with van der Waals surface area (Å²) in [6.07, 6.45) is -0.542. The number of hydrogen-bond acceptors (Lipinski definition) is 4. The van der Waals surface area contributed by atoms with Crippen molar-refractivity contribution in [2.75, 3.05) is 0 Å². The lowest BCUT2D eigenvalue weighted by Gasteiger charge is -2.18. The predicted molar refractivity (Wildman–Crippen MR) is 64.3 cm³/mol. The molecule has 8 heteroatoms. The Kier molecular flexibility index (Phi) is 7.25. The van der Waals surface area contributed by atoms with Crippen LogP contribution in [0.2, 0.25) is 0 Å². The van der Waals surface area contributed by atoms with Crippen molar-refractivity contribution in [3.8, 4) is 0 Å². The first-order chi connectivity index (χ1) is 8.79. The van der Waals surface area contributed by atoms with E-state index in [9.17, 15) is 19.5 Å². The van der Waals surface area contributed by atoms with Crippen LogP contribution in [0.15, 0.2) is 0 Å². The molecule has 106 valence electrons. The van der Waals surface area contributed by atoms with Gasteiger partial charge >= 0.3 is 12.2 Å². The second kappa shape index (κ2) is 8.12. The smallest absolute Gasteiger partial charge is 0.326 e. The number of aliphatic hydroxyl groups is 1. The molecule has 19 heavy (non-hydrogen) atoms. The highest BCUT2D eigenvalue weighted by Gasteiger charge is 2.25. The zero-order chi connectivity index (χ0) is 15.0. The number of rotatable bonds is 8. The molecule has 3 atom stereocenters. The lowest BCUT2D eigenvalue weighted by molar-refractivity contribution is -0.143. The van der Waals surface area contributed by atoms with Gasteiger partial charge in [0.05, 0.1) is 12.0 Å². The van der Waals surface area contributed by atoms with Gasteiger partial charge in [-0.2, -0.15) is 4.79 Å². The summed E-state index contributed by atoms with van der Waals surface area (Å²) >= 11 is 0. The van der Waals surface area contributed by atoms with Crippen LogP contribution in [-0.2, 0) is 14.4 Å². The lowest BCUT2D eigenvalue weighted by atomic mass is 10.0. The number of amides is 1. The number of carbonyl (C=O) groups is 3. The fraction of sp³-hybridized carbons (Fsp3) is 0.636. The molecule has 0 heterocycles. The Hall–Kier alpha value is -2.05. The molecule has 8 nitrogen and oxygen atoms in total. The maximum Gasteiger partial charge on any atom is 0.326 e. The van der Waals surface area contributed by atoms with Gasteiger partial charge in [0.25, 0.3) is 0 Å². The second-order valence-electron chi connectivity index (χ2n) is 4.18. The Balaban J connectivity index is 4.50. The van der Waals surface area contributed by atoms with E-state index in [2.05, 4.69) is 10.1 Å². The molecule has 0 spiro atoms. The Labute approximate surface area is 110 Å². The highest BCUT2D eigenvalue weighted by molar-refractivity contribution is 6.25. The number of aliphatic hydroxyl groups excluding tert-OH is 1. The molecular weight excluding hydrogens is 254 g/mol. The van der Waals surface area contributed by atoms with E-state index < -0.39 is 35.7 Å². The van der Waals surface area contributed by atoms with Gasteiger partial charge in [0, 0.05) is 6.42 Å². The highest BCUT2D eigenvalue weighted by atomic mass is 16.4. The SMILES string of the molecule is C[C@H](C(=O)NC(CCC(=O)C=[N+]=[N-])C(=O)O)[C@@H](C)O. The Morgan fingerprint density at radius 1 is 1.37 bits per heavy atom. The molecule has 3 N–H and O–H groups in total. The van der Waals surface area contributed by atoms with Gasteiger partial charge in [-0.15, -0.1) is 0 Å². The van der Waals surface area contributed by atoms with Gasteiger partial charge in [-0.3, -0.25) is 9.59 Å². The minimum absolute atomic E-state index is 0.127. The van der Waals surface area contributed by atoms with Crippen LogP contribution in [0, 0.1) is 5.92 Å². The van der Waals surface area contributed by atoms with Gasteiger partial charge in [-0.1, -0.05) is 6.92 Å². The number of Topliss-reactive ketones (excluding diaryl/α,β-unsaturated/α-hetero) is 1. The van der Waals surface area contributed by atoms with Crippen molar-refractivity contribution in [1.82, 2.24) is 5.32 Å². The summed E-state index contributed by atoms with van der Waals surface area (Å²) in [4.78, 5) is 36.1. The molecule has 0 aromatic carbocycles. The van der Waals surface area contributed by atoms with Crippen LogP contribution in [0.3, 0.4) is 0 Å². The Morgan fingerprint density at radius 3 is 2.37 bits per heavy atom. The Bertz CT molecular complexity index is 401. The van der Waals surface area contributed by atoms with Crippen LogP contribution in [0.25, 0.3) is 5.53 Å². The van der Waals surface area contributed by atoms with Crippen LogP contribution in [0.5, 0.6) is 0 Å². The first-order valence-corrected chi connectivity index (χ1v) is 5.71. The van der Waals surface area contributed by atoms with Crippen molar-refractivity contribution in [1.29, 1.82) is 0 Å². The molecule has 0 aliphatic rings. The third kappa shape index (κ3) is 6.44. The molecule has 1 amide bonds. The number of carboxylic acids is 1. The molecule has 0 rings (SSSR count). The minimum atomic E-state index is -1.28. The van der Waals surface area contributed by atoms with Crippen LogP contribution < -0.4 is 5.32 Å². The molecule has 0 radical (unpaired) electrons. The van der Waals surface area contributed by atoms with E-state index in [-0.39, 0.29) is 12.8 Å². The van der Waals surface area contributed by atoms with Crippen molar-refractivity contribution in [3.05, 3.63) is 5.53 Å². The van der Waals surface area contributed by atoms with Crippen molar-refractivity contribution in [3.63, 3.8) is 0 Å². The van der Waals surface area contributed by atoms with Crippen LogP contribution in [0.1, 0.15) is 26.7 Å². The van der Waals surface area contributed by atoms with Gasteiger partial charge in [-0.25, -0.2) is 4.79 Å². The van der Waals surface area contributed by atoms with E-state index in [1.165, 1.54) is 13.8 Å². The molecular formula is C11H17N3O5. The summed E-state index contributed by atoms with van der Waals surface area (Å²) in [7, 11) is 0. The largest absolute Gasteiger partial charge is 0.480 e. The molecule has 0 aromatic heterocycles. The number of carboxylic acid groups (broad SMARTS) is 1. The quantitative estimate of drug-likeness (QED) is 0.302. The van der Waals surface area contributed by atoms with Gasteiger partial charge in [-0.05, 0) is 13.3 Å². The second-order valence-corrected chi connectivity index (χ2v) is 4.18. The highest BCUT2D eigenvalue weighted by Crippen LogP contribution is 2.05. The maximum atomic E-state index is 11.6. The summed E-state index contributed by atoms with van der Waals surface area (Å²) in [5, 5.41) is 20.4. The summed E-state index contributed by atoms with van der Waals surface area (Å²) in [6, 6.07) is -1.23. The summed E-state index contributed by atoms with van der Waals surface area (Å²) in [6.45, 7) is 2.88. The molecule has 0 aromatic rings. The first-order valence-electron chi connectivity index (χ1n) is 5.71. The zero-order valence-corrected chi connectivity index (χ0v) is 10.7. The first kappa shape index (κ1) is 16.9. The maximum absolute atomic E-state index is 11.6. The van der Waals surface area contributed by atoms with Gasteiger partial charge in [0.1, 0.15) is 6.04 Å². The fourth-order valence-electron chi connectivity index (χ4n) is 1.20. The van der Waals surface area contributed by atoms with Gasteiger partial charge < -0.3 is 21.1 Å². The monoisotopic (exact) mass is 271 g/mol. The van der Waals surface area contributed by atoms with Crippen LogP contribution in [0.4, 0.5) is 0 Å². The molecule has 0 aliphatic carbocycles. The number of nitrogens with zero attached hydrogens (tertiary/aromatic N) is 2. The topological polar surface area (TPSA) is 140 Å². The normalized spacial score (nSPS) is 14.7. The standard InChI is InChI=1S/C11H17N3O5/c1-6(7(2)15)10(17)14-9(11(18)19)4-3-8(16)5-13-12/h5-7,9,15H,3-4H2,1-2H3,(H,14,17)(H,18,19)/t6-,7+,9?/m0/s1. The number of hydrogen-bond donors (Lipinski definition) is 3.